The summed E-state index contributed by atoms with van der Waals surface area (Å²) in [5.74, 6) is -0.326. The van der Waals surface area contributed by atoms with Crippen LogP contribution in [0.2, 0.25) is 0 Å². The van der Waals surface area contributed by atoms with Crippen LogP contribution in [0.4, 0.5) is 0 Å². The van der Waals surface area contributed by atoms with Gasteiger partial charge in [-0.25, -0.2) is 0 Å². The molecule has 1 aliphatic rings. The van der Waals surface area contributed by atoms with E-state index in [-0.39, 0.29) is 19.2 Å². The molecule has 0 aliphatic carbocycles. The Labute approximate surface area is 378 Å². The molecule has 1 heterocycles. The Kier molecular flexibility index (Phi) is 40.8. The first kappa shape index (κ1) is 57.6. The maximum atomic E-state index is 12.8. The minimum Gasteiger partial charge on any atom is -0.457 e. The van der Waals surface area contributed by atoms with Crippen LogP contribution >= 0.6 is 0 Å². The molecule has 1 fully saturated rings. The predicted molar refractivity (Wildman–Crippen MR) is 256 cm³/mol. The molecular weight excluding hydrogens is 781 g/mol. The Bertz CT molecular complexity index is 1180. The zero-order valence-corrected chi connectivity index (χ0v) is 39.3. The van der Waals surface area contributed by atoms with Gasteiger partial charge in [0.25, 0.3) is 0 Å². The first-order chi connectivity index (χ1) is 30.4. The van der Waals surface area contributed by atoms with Crippen molar-refractivity contribution in [1.82, 2.24) is 0 Å². The van der Waals surface area contributed by atoms with Crippen molar-refractivity contribution in [3.05, 3.63) is 72.9 Å². The lowest BCUT2D eigenvalue weighted by Gasteiger charge is -2.39. The van der Waals surface area contributed by atoms with E-state index in [1.165, 1.54) is 89.9 Å². The van der Waals surface area contributed by atoms with E-state index in [1.54, 1.807) is 0 Å². The summed E-state index contributed by atoms with van der Waals surface area (Å²) in [7, 11) is 0. The molecule has 0 radical (unpaired) electrons. The minimum absolute atomic E-state index is 0.120. The summed E-state index contributed by atoms with van der Waals surface area (Å²) < 4.78 is 22.8. The second-order valence-corrected chi connectivity index (χ2v) is 16.9. The quantitative estimate of drug-likeness (QED) is 0.0269. The average molecular weight is 873 g/mol. The van der Waals surface area contributed by atoms with E-state index < -0.39 is 43.4 Å². The van der Waals surface area contributed by atoms with Gasteiger partial charge >= 0.3 is 5.97 Å². The van der Waals surface area contributed by atoms with Gasteiger partial charge in [0.15, 0.2) is 6.29 Å². The Morgan fingerprint density at radius 2 is 0.984 bits per heavy atom. The molecule has 1 aliphatic heterocycles. The zero-order chi connectivity index (χ0) is 45.0. The highest BCUT2D eigenvalue weighted by atomic mass is 16.7. The van der Waals surface area contributed by atoms with Crippen molar-refractivity contribution in [1.29, 1.82) is 0 Å². The molecule has 0 spiro atoms. The van der Waals surface area contributed by atoms with Crippen LogP contribution < -0.4 is 0 Å². The molecule has 0 aromatic carbocycles. The third-order valence-corrected chi connectivity index (χ3v) is 11.1. The molecule has 358 valence electrons. The van der Waals surface area contributed by atoms with Crippen LogP contribution in [-0.4, -0.2) is 89.6 Å². The number of rotatable bonds is 42. The summed E-state index contributed by atoms with van der Waals surface area (Å²) in [6.07, 6.45) is 50.7. The fourth-order valence-electron chi connectivity index (χ4n) is 7.26. The van der Waals surface area contributed by atoms with Crippen molar-refractivity contribution < 1.29 is 44.2 Å². The minimum atomic E-state index is -1.55. The molecule has 1 saturated heterocycles. The number of carbonyl (C=O) groups excluding carboxylic acids is 1. The molecule has 9 heteroatoms. The van der Waals surface area contributed by atoms with Gasteiger partial charge in [0.2, 0.25) is 0 Å². The van der Waals surface area contributed by atoms with Gasteiger partial charge in [-0.2, -0.15) is 0 Å². The van der Waals surface area contributed by atoms with E-state index in [0.717, 1.165) is 83.5 Å². The lowest BCUT2D eigenvalue weighted by Crippen LogP contribution is -2.59. The summed E-state index contributed by atoms with van der Waals surface area (Å²) in [6, 6.07) is 0. The van der Waals surface area contributed by atoms with Crippen LogP contribution in [0.15, 0.2) is 72.9 Å². The van der Waals surface area contributed by atoms with E-state index in [9.17, 15) is 25.2 Å². The Hall–Kier alpha value is -2.37. The van der Waals surface area contributed by atoms with Crippen molar-refractivity contribution in [2.45, 2.75) is 230 Å². The highest BCUT2D eigenvalue weighted by Gasteiger charge is 2.44. The number of hydrogen-bond donors (Lipinski definition) is 4. The van der Waals surface area contributed by atoms with Crippen LogP contribution in [0.3, 0.4) is 0 Å². The van der Waals surface area contributed by atoms with Gasteiger partial charge in [-0.05, 0) is 64.2 Å². The maximum Gasteiger partial charge on any atom is 0.306 e. The van der Waals surface area contributed by atoms with E-state index in [4.69, 9.17) is 18.9 Å². The van der Waals surface area contributed by atoms with E-state index in [2.05, 4.69) is 86.8 Å². The second kappa shape index (κ2) is 43.9. The number of unbranched alkanes of at least 4 members (excludes halogenated alkanes) is 19. The molecule has 6 unspecified atom stereocenters. The van der Waals surface area contributed by atoms with Gasteiger partial charge < -0.3 is 39.4 Å². The normalized spacial score (nSPS) is 20.4. The second-order valence-electron chi connectivity index (χ2n) is 16.9. The summed E-state index contributed by atoms with van der Waals surface area (Å²) in [6.45, 7) is 4.37. The maximum absolute atomic E-state index is 12.8. The molecule has 4 N–H and O–H groups in total. The molecule has 0 amide bonds. The monoisotopic (exact) mass is 873 g/mol. The van der Waals surface area contributed by atoms with Crippen molar-refractivity contribution >= 4 is 5.97 Å². The number of allylic oxidation sites excluding steroid dienone is 12. The highest BCUT2D eigenvalue weighted by Crippen LogP contribution is 2.23. The van der Waals surface area contributed by atoms with Crippen LogP contribution in [0.5, 0.6) is 0 Å². The fourth-order valence-corrected chi connectivity index (χ4v) is 7.26. The van der Waals surface area contributed by atoms with Crippen molar-refractivity contribution in [3.8, 4) is 0 Å². The molecule has 0 saturated carbocycles. The van der Waals surface area contributed by atoms with E-state index >= 15 is 0 Å². The zero-order valence-electron chi connectivity index (χ0n) is 39.3. The summed E-state index contributed by atoms with van der Waals surface area (Å²) in [5.41, 5.74) is 0. The Morgan fingerprint density at radius 3 is 1.47 bits per heavy atom. The smallest absolute Gasteiger partial charge is 0.306 e. The van der Waals surface area contributed by atoms with Gasteiger partial charge in [0.1, 0.15) is 30.5 Å². The third kappa shape index (κ3) is 34.1. The molecule has 62 heavy (non-hydrogen) atoms. The van der Waals surface area contributed by atoms with Crippen LogP contribution in [0.25, 0.3) is 0 Å². The van der Waals surface area contributed by atoms with Gasteiger partial charge in [0, 0.05) is 13.0 Å². The predicted octanol–water partition coefficient (Wildman–Crippen LogP) is 12.0. The molecule has 0 aromatic heterocycles. The van der Waals surface area contributed by atoms with Gasteiger partial charge in [0.05, 0.1) is 19.8 Å². The number of aliphatic hydroxyl groups is 4. The van der Waals surface area contributed by atoms with Gasteiger partial charge in [-0.15, -0.1) is 0 Å². The standard InChI is InChI=1S/C53H92O9/c1-3-5-7-9-11-13-15-17-19-21-22-23-24-25-27-29-31-33-35-37-39-41-43-59-45-47(46-60-53-52(58)51(57)50(56)48(44-54)62-53)61-49(55)42-40-38-36-34-32-30-28-26-20-18-16-14-12-10-8-6-4-2/h5,7,11,13,17,19,22-23,25,27,31,33,47-48,50-54,56-58H,3-4,6,8-10,12,14-16,18,20-21,24,26,28-30,32,34-46H2,1-2H3/b7-5-,13-11-,19-17-,23-22-,27-25-,33-31-. The lowest BCUT2D eigenvalue weighted by molar-refractivity contribution is -0.305. The number of hydrogen-bond acceptors (Lipinski definition) is 9. The summed E-state index contributed by atoms with van der Waals surface area (Å²) in [4.78, 5) is 12.8. The van der Waals surface area contributed by atoms with Gasteiger partial charge in [-0.3, -0.25) is 4.79 Å². The molecule has 6 atom stereocenters. The number of esters is 1. The molecule has 9 nitrogen and oxygen atoms in total. The SMILES string of the molecule is CC/C=C\C/C=C\C/C=C\C/C=C\C/C=C\C/C=C\CCCCCOCC(COC1OC(CO)C(O)C(O)C1O)OC(=O)CCCCCCCCCCCCCCCCCCC. The number of ether oxygens (including phenoxy) is 4. The number of carbonyl (C=O) groups is 1. The van der Waals surface area contributed by atoms with Crippen LogP contribution in [0.1, 0.15) is 194 Å². The van der Waals surface area contributed by atoms with E-state index in [1.807, 2.05) is 0 Å². The molecular formula is C53H92O9. The fraction of sp³-hybridized carbons (Fsp3) is 0.755. The first-order valence-corrected chi connectivity index (χ1v) is 25.0. The van der Waals surface area contributed by atoms with Crippen molar-refractivity contribution in [2.75, 3.05) is 26.4 Å². The van der Waals surface area contributed by atoms with Crippen molar-refractivity contribution in [2.24, 2.45) is 0 Å². The average Bonchev–Trinajstić information content (AvgIpc) is 3.27. The van der Waals surface area contributed by atoms with Crippen molar-refractivity contribution in [3.63, 3.8) is 0 Å². The largest absolute Gasteiger partial charge is 0.457 e. The highest BCUT2D eigenvalue weighted by molar-refractivity contribution is 5.69. The van der Waals surface area contributed by atoms with Gasteiger partial charge in [-0.1, -0.05) is 196 Å². The lowest BCUT2D eigenvalue weighted by atomic mass is 9.99. The molecule has 1 rings (SSSR count). The number of aliphatic hydroxyl groups excluding tert-OH is 4. The summed E-state index contributed by atoms with van der Waals surface area (Å²) >= 11 is 0. The van der Waals surface area contributed by atoms with Crippen LogP contribution in [0, 0.1) is 0 Å². The first-order valence-electron chi connectivity index (χ1n) is 25.0. The Balaban J connectivity index is 2.26. The van der Waals surface area contributed by atoms with E-state index in [0.29, 0.717) is 13.0 Å². The summed E-state index contributed by atoms with van der Waals surface area (Å²) in [5, 5.41) is 40.2. The Morgan fingerprint density at radius 1 is 0.532 bits per heavy atom. The topological polar surface area (TPSA) is 135 Å². The molecule has 0 bridgehead atoms. The van der Waals surface area contributed by atoms with Crippen LogP contribution in [-0.2, 0) is 23.7 Å². The third-order valence-electron chi connectivity index (χ3n) is 11.1. The molecule has 0 aromatic rings.